The van der Waals surface area contributed by atoms with Gasteiger partial charge in [-0.25, -0.2) is 0 Å². The highest BCUT2D eigenvalue weighted by Crippen LogP contribution is 2.44. The third-order valence-corrected chi connectivity index (χ3v) is 6.19. The zero-order valence-corrected chi connectivity index (χ0v) is 18.7. The first-order valence-electron chi connectivity index (χ1n) is 18.7. The molecule has 0 aliphatic rings. The maximum atomic E-state index is 9.13. The van der Waals surface area contributed by atoms with Crippen LogP contribution >= 0.6 is 0 Å². The van der Waals surface area contributed by atoms with E-state index in [2.05, 4.69) is 0 Å². The Morgan fingerprint density at radius 3 is 1.56 bits per heavy atom. The normalized spacial score (nSPS) is 17.2. The summed E-state index contributed by atoms with van der Waals surface area (Å²) in [7, 11) is 0. The Labute approximate surface area is 232 Å². The summed E-state index contributed by atoms with van der Waals surface area (Å²) in [6.45, 7) is 0. The molecule has 7 aromatic carbocycles. The van der Waals surface area contributed by atoms with Crippen molar-refractivity contribution in [2.45, 2.75) is 0 Å². The largest absolute Gasteiger partial charge is 0.0629 e. The van der Waals surface area contributed by atoms with Gasteiger partial charge in [0.05, 0.1) is 20.6 Å². The SMILES string of the molecule is [2H]c1c([2H])c([2H])c2c(-c3cccc(-c4c5c([2H])c([2H])c([2H])c([2H])c5c(-c5ccccc5)c5c([2H])c([2H])c([2H])c([2H])c45)c3)c([2H])c([2H])c([2H])c2c1[2H]. The molecular weight excluding hydrogens is 432 g/mol. The molecule has 7 rings (SSSR count). The maximum Gasteiger partial charge on any atom is 0.0629 e. The van der Waals surface area contributed by atoms with Gasteiger partial charge in [0, 0.05) is 0 Å². The average Bonchev–Trinajstić information content (AvgIpc) is 3.13. The summed E-state index contributed by atoms with van der Waals surface area (Å²) < 4.78 is 130. The van der Waals surface area contributed by atoms with E-state index in [0.29, 0.717) is 5.56 Å². The first-order valence-corrected chi connectivity index (χ1v) is 11.2. The van der Waals surface area contributed by atoms with Crippen LogP contribution in [0, 0.1) is 0 Å². The smallest absolute Gasteiger partial charge is 0.0622 e. The molecule has 0 radical (unpaired) electrons. The van der Waals surface area contributed by atoms with Crippen LogP contribution in [0.4, 0.5) is 0 Å². The lowest BCUT2D eigenvalue weighted by atomic mass is 9.85. The first-order chi connectivity index (χ1) is 24.1. The number of rotatable bonds is 3. The van der Waals surface area contributed by atoms with Crippen LogP contribution in [0.1, 0.15) is 20.6 Å². The van der Waals surface area contributed by atoms with Crippen molar-refractivity contribution in [3.63, 3.8) is 0 Å². The van der Waals surface area contributed by atoms with Crippen molar-refractivity contribution in [3.05, 3.63) is 145 Å². The molecule has 0 heterocycles. The highest BCUT2D eigenvalue weighted by Gasteiger charge is 2.16. The number of benzene rings is 7. The van der Waals surface area contributed by atoms with Crippen LogP contribution in [0.2, 0.25) is 0 Å². The third-order valence-electron chi connectivity index (χ3n) is 6.19. The summed E-state index contributed by atoms with van der Waals surface area (Å²) in [5, 5.41) is -0.378. The lowest BCUT2D eigenvalue weighted by molar-refractivity contribution is 1.63. The predicted molar refractivity (Wildman–Crippen MR) is 155 cm³/mol. The Balaban J connectivity index is 1.74. The minimum Gasteiger partial charge on any atom is -0.0622 e. The fourth-order valence-corrected chi connectivity index (χ4v) is 4.67. The Morgan fingerprint density at radius 1 is 0.389 bits per heavy atom. The summed E-state index contributed by atoms with van der Waals surface area (Å²) in [6, 6.07) is 6.90. The highest BCUT2D eigenvalue weighted by atomic mass is 14.2. The molecule has 0 aliphatic heterocycles. The molecule has 0 unspecified atom stereocenters. The minimum absolute atomic E-state index is 0.0184. The van der Waals surface area contributed by atoms with Gasteiger partial charge >= 0.3 is 0 Å². The molecule has 0 nitrogen and oxygen atoms in total. The Kier molecular flexibility index (Phi) is 2.49. The fraction of sp³-hybridized carbons (Fsp3) is 0. The van der Waals surface area contributed by atoms with Crippen LogP contribution in [0.5, 0.6) is 0 Å². The summed E-state index contributed by atoms with van der Waals surface area (Å²) in [4.78, 5) is 0. The third kappa shape index (κ3) is 3.31. The van der Waals surface area contributed by atoms with Crippen LogP contribution < -0.4 is 0 Å². The Bertz CT molecular complexity index is 2600. The Morgan fingerprint density at radius 2 is 0.889 bits per heavy atom. The van der Waals surface area contributed by atoms with E-state index in [-0.39, 0.29) is 60.1 Å². The van der Waals surface area contributed by atoms with Gasteiger partial charge in [0.2, 0.25) is 0 Å². The lowest BCUT2D eigenvalue weighted by Crippen LogP contribution is -1.91. The van der Waals surface area contributed by atoms with E-state index in [1.54, 1.807) is 42.5 Å². The molecule has 0 atom stereocenters. The monoisotopic (exact) mass is 471 g/mol. The van der Waals surface area contributed by atoms with E-state index in [9.17, 15) is 0 Å². The molecule has 0 saturated heterocycles. The van der Waals surface area contributed by atoms with Crippen molar-refractivity contribution < 1.29 is 20.6 Å². The van der Waals surface area contributed by atoms with Crippen molar-refractivity contribution in [2.75, 3.05) is 0 Å². The summed E-state index contributed by atoms with van der Waals surface area (Å²) in [5.41, 5.74) is 1.03. The van der Waals surface area contributed by atoms with Gasteiger partial charge in [-0.1, -0.05) is 139 Å². The van der Waals surface area contributed by atoms with Gasteiger partial charge in [-0.05, 0) is 71.8 Å². The molecule has 0 bridgehead atoms. The molecule has 0 N–H and O–H groups in total. The molecule has 0 aliphatic carbocycles. The van der Waals surface area contributed by atoms with E-state index < -0.39 is 90.6 Å². The summed E-state index contributed by atoms with van der Waals surface area (Å²) in [5.74, 6) is 0. The summed E-state index contributed by atoms with van der Waals surface area (Å²) >= 11 is 0. The molecule has 0 aromatic heterocycles. The van der Waals surface area contributed by atoms with E-state index in [4.69, 9.17) is 20.6 Å². The van der Waals surface area contributed by atoms with Crippen molar-refractivity contribution in [1.82, 2.24) is 0 Å². The predicted octanol–water partition coefficient (Wildman–Crippen LogP) is 10.1. The van der Waals surface area contributed by atoms with E-state index in [1.807, 2.05) is 0 Å². The fourth-order valence-electron chi connectivity index (χ4n) is 4.67. The van der Waals surface area contributed by atoms with Gasteiger partial charge in [0.15, 0.2) is 0 Å². The van der Waals surface area contributed by atoms with Gasteiger partial charge < -0.3 is 0 Å². The lowest BCUT2D eigenvalue weighted by Gasteiger charge is -2.18. The second-order valence-corrected chi connectivity index (χ2v) is 8.20. The average molecular weight is 472 g/mol. The van der Waals surface area contributed by atoms with Crippen molar-refractivity contribution in [1.29, 1.82) is 0 Å². The standard InChI is InChI=1S/C36H24/c1-2-13-26(14-3-1)35-31-19-6-8-21-33(31)36(34-22-9-7-20-32(34)35)28-17-10-16-27(24-28)30-23-11-15-25-12-4-5-18-29(25)30/h1-24H/i4D,5D,6D,7D,8D,9D,11D,12D,15D,18D,19D,20D,21D,22D,23D. The van der Waals surface area contributed by atoms with Gasteiger partial charge in [0.1, 0.15) is 0 Å². The minimum atomic E-state index is -0.599. The number of fused-ring (bicyclic) bond motifs is 3. The Hall–Kier alpha value is -4.68. The molecule has 36 heavy (non-hydrogen) atoms. The number of hydrogen-bond acceptors (Lipinski definition) is 0. The van der Waals surface area contributed by atoms with Gasteiger partial charge in [-0.15, -0.1) is 0 Å². The molecule has 168 valence electrons. The molecule has 0 heteroatoms. The van der Waals surface area contributed by atoms with Gasteiger partial charge in [-0.2, -0.15) is 0 Å². The van der Waals surface area contributed by atoms with Crippen molar-refractivity contribution >= 4 is 32.3 Å². The van der Waals surface area contributed by atoms with E-state index in [0.717, 1.165) is 0 Å². The second-order valence-electron chi connectivity index (χ2n) is 8.20. The van der Waals surface area contributed by atoms with Crippen LogP contribution in [0.15, 0.2) is 145 Å². The van der Waals surface area contributed by atoms with Crippen LogP contribution in [-0.2, 0) is 0 Å². The van der Waals surface area contributed by atoms with Crippen molar-refractivity contribution in [3.8, 4) is 33.4 Å². The van der Waals surface area contributed by atoms with Crippen molar-refractivity contribution in [2.24, 2.45) is 0 Å². The quantitative estimate of drug-likeness (QED) is 0.225. The van der Waals surface area contributed by atoms with Crippen LogP contribution in [-0.4, -0.2) is 0 Å². The zero-order chi connectivity index (χ0) is 37.0. The maximum absolute atomic E-state index is 9.13. The first kappa shape index (κ1) is 10.5. The van der Waals surface area contributed by atoms with Crippen LogP contribution in [0.3, 0.4) is 0 Å². The van der Waals surface area contributed by atoms with Crippen LogP contribution in [0.25, 0.3) is 65.7 Å². The second kappa shape index (κ2) is 8.52. The summed E-state index contributed by atoms with van der Waals surface area (Å²) in [6.07, 6.45) is 0. The number of hydrogen-bond donors (Lipinski definition) is 0. The van der Waals surface area contributed by atoms with Gasteiger partial charge in [0.25, 0.3) is 0 Å². The molecular formula is C36H24. The molecule has 0 amide bonds. The highest BCUT2D eigenvalue weighted by molar-refractivity contribution is 6.21. The molecule has 7 aromatic rings. The molecule has 0 spiro atoms. The van der Waals surface area contributed by atoms with E-state index >= 15 is 0 Å². The van der Waals surface area contributed by atoms with E-state index in [1.165, 1.54) is 12.1 Å². The zero-order valence-electron chi connectivity index (χ0n) is 33.7. The topological polar surface area (TPSA) is 0 Å². The molecule has 0 saturated carbocycles. The van der Waals surface area contributed by atoms with Gasteiger partial charge in [-0.3, -0.25) is 0 Å². The molecule has 0 fully saturated rings.